The van der Waals surface area contributed by atoms with E-state index in [9.17, 15) is 8.42 Å². The van der Waals surface area contributed by atoms with Gasteiger partial charge in [-0.3, -0.25) is 4.84 Å². The molecule has 2 rings (SSSR count). The zero-order valence-electron chi connectivity index (χ0n) is 13.0. The van der Waals surface area contributed by atoms with Gasteiger partial charge in [0.25, 0.3) is 0 Å². The second-order valence-electron chi connectivity index (χ2n) is 5.04. The molecule has 0 saturated carbocycles. The van der Waals surface area contributed by atoms with Crippen LogP contribution in [0.4, 0.5) is 0 Å². The van der Waals surface area contributed by atoms with Gasteiger partial charge in [-0.1, -0.05) is 17.0 Å². The molecule has 0 atom stereocenters. The van der Waals surface area contributed by atoms with Gasteiger partial charge in [-0.05, 0) is 42.7 Å². The second kappa shape index (κ2) is 8.71. The molecule has 0 bridgehead atoms. The van der Waals surface area contributed by atoms with Crippen molar-refractivity contribution in [1.29, 1.82) is 0 Å². The maximum atomic E-state index is 11.9. The summed E-state index contributed by atoms with van der Waals surface area (Å²) < 4.78 is 34.0. The largest absolute Gasteiger partial charge is 0.497 e. The van der Waals surface area contributed by atoms with E-state index < -0.39 is 10.0 Å². The third-order valence-electron chi connectivity index (χ3n) is 3.23. The predicted octanol–water partition coefficient (Wildman–Crippen LogP) is 2.31. The highest BCUT2D eigenvalue weighted by atomic mass is 32.2. The van der Waals surface area contributed by atoms with Crippen LogP contribution in [0.3, 0.4) is 0 Å². The van der Waals surface area contributed by atoms with Gasteiger partial charge in [0.1, 0.15) is 11.5 Å². The fraction of sp³-hybridized carbons (Fsp3) is 0.375. The molecule has 0 aliphatic carbocycles. The Bertz CT molecular complexity index is 682. The zero-order valence-corrected chi connectivity index (χ0v) is 13.8. The van der Waals surface area contributed by atoms with Gasteiger partial charge in [0.2, 0.25) is 10.0 Å². The van der Waals surface area contributed by atoms with Crippen molar-refractivity contribution in [2.45, 2.75) is 19.3 Å². The predicted molar refractivity (Wildman–Crippen MR) is 86.6 cm³/mol. The highest BCUT2D eigenvalue weighted by Gasteiger charge is 2.11. The van der Waals surface area contributed by atoms with E-state index in [1.165, 1.54) is 0 Å². The maximum Gasteiger partial charge on any atom is 0.233 e. The number of rotatable bonds is 10. The molecule has 2 aromatic rings. The Morgan fingerprint density at radius 2 is 2.04 bits per heavy atom. The van der Waals surface area contributed by atoms with Crippen LogP contribution in [0.1, 0.15) is 17.7 Å². The van der Waals surface area contributed by atoms with Crippen LogP contribution in [0.2, 0.25) is 0 Å². The Hall–Kier alpha value is -1.83. The molecule has 0 unspecified atom stereocenters. The monoisotopic (exact) mass is 339 g/mol. The summed E-state index contributed by atoms with van der Waals surface area (Å²) in [5.41, 5.74) is 0.896. The molecule has 0 radical (unpaired) electrons. The van der Waals surface area contributed by atoms with Crippen LogP contribution in [-0.4, -0.2) is 27.9 Å². The van der Waals surface area contributed by atoms with Crippen LogP contribution >= 0.6 is 0 Å². The summed E-state index contributed by atoms with van der Waals surface area (Å²) in [5, 5.41) is 0. The number of nitrogens with one attached hydrogen (secondary N) is 1. The summed E-state index contributed by atoms with van der Waals surface area (Å²) in [6.07, 6.45) is 3.38. The standard InChI is InChI=1S/C16H21NO5S/c1-20-16-6-2-5-14(13-16)9-12-23(18,19)17-22-11-4-8-15-7-3-10-21-15/h2-3,5-7,10,13,17H,4,8-9,11-12H2,1H3. The van der Waals surface area contributed by atoms with Crippen LogP contribution in [0.5, 0.6) is 5.75 Å². The Balaban J connectivity index is 1.67. The minimum Gasteiger partial charge on any atom is -0.497 e. The molecular formula is C16H21NO5S. The summed E-state index contributed by atoms with van der Waals surface area (Å²) in [6.45, 7) is 0.291. The van der Waals surface area contributed by atoms with Crippen LogP contribution in [0.25, 0.3) is 0 Å². The zero-order chi connectivity index (χ0) is 16.5. The molecule has 1 aromatic heterocycles. The first-order valence-corrected chi connectivity index (χ1v) is 9.01. The van der Waals surface area contributed by atoms with Crippen LogP contribution in [-0.2, 0) is 27.7 Å². The third kappa shape index (κ3) is 6.43. The number of methoxy groups -OCH3 is 1. The van der Waals surface area contributed by atoms with Gasteiger partial charge >= 0.3 is 0 Å². The molecule has 0 fully saturated rings. The quantitative estimate of drug-likeness (QED) is 0.531. The molecule has 0 aliphatic heterocycles. The van der Waals surface area contributed by atoms with Crippen molar-refractivity contribution in [2.24, 2.45) is 0 Å². The Morgan fingerprint density at radius 1 is 1.17 bits per heavy atom. The lowest BCUT2D eigenvalue weighted by Crippen LogP contribution is -2.28. The molecule has 6 nitrogen and oxygen atoms in total. The molecule has 1 heterocycles. The highest BCUT2D eigenvalue weighted by molar-refractivity contribution is 7.89. The first kappa shape index (κ1) is 17.5. The lowest BCUT2D eigenvalue weighted by molar-refractivity contribution is 0.0906. The molecule has 0 saturated heterocycles. The second-order valence-corrected chi connectivity index (χ2v) is 6.84. The van der Waals surface area contributed by atoms with E-state index in [2.05, 4.69) is 4.89 Å². The van der Waals surface area contributed by atoms with Crippen LogP contribution in [0, 0.1) is 0 Å². The normalized spacial score (nSPS) is 11.5. The number of aryl methyl sites for hydroxylation is 2. The van der Waals surface area contributed by atoms with Crippen molar-refractivity contribution in [2.75, 3.05) is 19.5 Å². The van der Waals surface area contributed by atoms with Gasteiger partial charge in [0, 0.05) is 6.42 Å². The first-order chi connectivity index (χ1) is 11.1. The van der Waals surface area contributed by atoms with E-state index in [-0.39, 0.29) is 5.75 Å². The van der Waals surface area contributed by atoms with Gasteiger partial charge in [-0.25, -0.2) is 8.42 Å². The van der Waals surface area contributed by atoms with E-state index in [0.29, 0.717) is 31.6 Å². The molecular weight excluding hydrogens is 318 g/mol. The average molecular weight is 339 g/mol. The fourth-order valence-corrected chi connectivity index (χ4v) is 2.88. The number of sulfonamides is 1. The summed E-state index contributed by atoms with van der Waals surface area (Å²) in [5.74, 6) is 1.52. The lowest BCUT2D eigenvalue weighted by atomic mass is 10.2. The van der Waals surface area contributed by atoms with Crippen molar-refractivity contribution in [3.63, 3.8) is 0 Å². The number of hydrogen-bond donors (Lipinski definition) is 1. The van der Waals surface area contributed by atoms with E-state index in [1.807, 2.05) is 36.4 Å². The number of furan rings is 1. The Morgan fingerprint density at radius 3 is 2.78 bits per heavy atom. The number of ether oxygens (including phenoxy) is 1. The van der Waals surface area contributed by atoms with Crippen molar-refractivity contribution >= 4 is 10.0 Å². The molecule has 23 heavy (non-hydrogen) atoms. The fourth-order valence-electron chi connectivity index (χ4n) is 2.03. The van der Waals surface area contributed by atoms with Gasteiger partial charge in [-0.2, -0.15) is 0 Å². The molecule has 1 N–H and O–H groups in total. The first-order valence-electron chi connectivity index (χ1n) is 7.35. The van der Waals surface area contributed by atoms with Gasteiger partial charge < -0.3 is 9.15 Å². The molecule has 0 amide bonds. The lowest BCUT2D eigenvalue weighted by Gasteiger charge is -2.08. The minimum atomic E-state index is -3.47. The smallest absolute Gasteiger partial charge is 0.233 e. The van der Waals surface area contributed by atoms with E-state index in [1.54, 1.807) is 13.4 Å². The van der Waals surface area contributed by atoms with Gasteiger partial charge in [0.15, 0.2) is 0 Å². The Labute approximate surface area is 136 Å². The Kier molecular flexibility index (Phi) is 6.64. The summed E-state index contributed by atoms with van der Waals surface area (Å²) >= 11 is 0. The maximum absolute atomic E-state index is 11.9. The molecule has 0 spiro atoms. The van der Waals surface area contributed by atoms with Crippen LogP contribution in [0.15, 0.2) is 47.1 Å². The van der Waals surface area contributed by atoms with Gasteiger partial charge in [0.05, 0.1) is 25.7 Å². The van der Waals surface area contributed by atoms with E-state index in [4.69, 9.17) is 14.0 Å². The molecule has 1 aromatic carbocycles. The molecule has 7 heteroatoms. The molecule has 0 aliphatic rings. The minimum absolute atomic E-state index is 0.0433. The van der Waals surface area contributed by atoms with E-state index >= 15 is 0 Å². The SMILES string of the molecule is COc1cccc(CCS(=O)(=O)NOCCCc2ccco2)c1. The summed E-state index contributed by atoms with van der Waals surface area (Å²) in [4.78, 5) is 7.17. The van der Waals surface area contributed by atoms with Gasteiger partial charge in [-0.15, -0.1) is 0 Å². The van der Waals surface area contributed by atoms with E-state index in [0.717, 1.165) is 11.3 Å². The van der Waals surface area contributed by atoms with Crippen molar-refractivity contribution in [1.82, 2.24) is 4.89 Å². The number of hydrogen-bond acceptors (Lipinski definition) is 5. The van der Waals surface area contributed by atoms with Crippen molar-refractivity contribution < 1.29 is 22.4 Å². The summed E-state index contributed by atoms with van der Waals surface area (Å²) in [7, 11) is -1.89. The van der Waals surface area contributed by atoms with Crippen molar-refractivity contribution in [3.05, 3.63) is 54.0 Å². The third-order valence-corrected chi connectivity index (χ3v) is 4.34. The van der Waals surface area contributed by atoms with Crippen molar-refractivity contribution in [3.8, 4) is 5.75 Å². The molecule has 126 valence electrons. The highest BCUT2D eigenvalue weighted by Crippen LogP contribution is 2.13. The average Bonchev–Trinajstić information content (AvgIpc) is 3.06. The summed E-state index contributed by atoms with van der Waals surface area (Å²) in [6, 6.07) is 11.0. The van der Waals surface area contributed by atoms with Crippen LogP contribution < -0.4 is 9.62 Å². The number of benzene rings is 1. The topological polar surface area (TPSA) is 77.8 Å².